The minimum absolute atomic E-state index is 0.0745. The highest BCUT2D eigenvalue weighted by Gasteiger charge is 2.18. The Kier molecular flexibility index (Phi) is 4.29. The minimum Gasteiger partial charge on any atom is -0.330 e. The molecule has 0 amide bonds. The lowest BCUT2D eigenvalue weighted by molar-refractivity contribution is 0.569. The van der Waals surface area contributed by atoms with Crippen molar-refractivity contribution in [1.29, 1.82) is 0 Å². The number of nitrogens with two attached hydrogens (primary N) is 1. The smallest absolute Gasteiger partial charge is 0.179 e. The third-order valence-electron chi connectivity index (χ3n) is 2.10. The van der Waals surface area contributed by atoms with Crippen LogP contribution in [-0.4, -0.2) is 21.2 Å². The van der Waals surface area contributed by atoms with E-state index < -0.39 is 20.5 Å². The van der Waals surface area contributed by atoms with E-state index in [2.05, 4.69) is 0 Å². The van der Waals surface area contributed by atoms with E-state index in [0.29, 0.717) is 24.9 Å². The Hall–Kier alpha value is -0.650. The third kappa shape index (κ3) is 3.17. The van der Waals surface area contributed by atoms with E-state index in [9.17, 15) is 12.8 Å². The van der Waals surface area contributed by atoms with Crippen LogP contribution in [0.3, 0.4) is 0 Å². The first-order valence-corrected chi connectivity index (χ1v) is 7.01. The van der Waals surface area contributed by atoms with Gasteiger partial charge in [0.15, 0.2) is 9.84 Å². The molecule has 1 rings (SSSR count). The molecule has 0 radical (unpaired) electrons. The van der Waals surface area contributed by atoms with E-state index >= 15 is 0 Å². The number of aryl methyl sites for hydroxylation is 1. The molecule has 90 valence electrons. The zero-order valence-electron chi connectivity index (χ0n) is 8.83. The molecule has 0 saturated carbocycles. The van der Waals surface area contributed by atoms with Gasteiger partial charge < -0.3 is 5.73 Å². The molecule has 1 aromatic rings. The van der Waals surface area contributed by atoms with Crippen LogP contribution < -0.4 is 5.73 Å². The Labute approximate surface area is 99.3 Å². The highest BCUT2D eigenvalue weighted by molar-refractivity contribution is 7.90. The molecule has 0 fully saturated rings. The second-order valence-corrected chi connectivity index (χ2v) is 5.91. The molecular formula is C10H13ClFNO2S. The summed E-state index contributed by atoms with van der Waals surface area (Å²) in [5.41, 5.74) is 5.98. The lowest BCUT2D eigenvalue weighted by atomic mass is 10.1. The van der Waals surface area contributed by atoms with Gasteiger partial charge in [-0.1, -0.05) is 11.6 Å². The summed E-state index contributed by atoms with van der Waals surface area (Å²) in [6.07, 6.45) is 2.21. The van der Waals surface area contributed by atoms with Crippen LogP contribution in [0.1, 0.15) is 12.0 Å². The van der Waals surface area contributed by atoms with Gasteiger partial charge in [0.05, 0.1) is 5.02 Å². The molecule has 0 heterocycles. The Bertz CT molecular complexity index is 465. The van der Waals surface area contributed by atoms with Crippen molar-refractivity contribution in [2.75, 3.05) is 12.8 Å². The second-order valence-electron chi connectivity index (χ2n) is 3.55. The summed E-state index contributed by atoms with van der Waals surface area (Å²) < 4.78 is 36.1. The van der Waals surface area contributed by atoms with Crippen molar-refractivity contribution >= 4 is 21.4 Å². The number of sulfone groups is 1. The Morgan fingerprint density at radius 2 is 2.06 bits per heavy atom. The van der Waals surface area contributed by atoms with E-state index in [-0.39, 0.29) is 5.02 Å². The number of rotatable bonds is 4. The van der Waals surface area contributed by atoms with Crippen molar-refractivity contribution in [1.82, 2.24) is 0 Å². The first-order chi connectivity index (χ1) is 7.36. The topological polar surface area (TPSA) is 60.2 Å². The van der Waals surface area contributed by atoms with Crippen LogP contribution in [0.4, 0.5) is 4.39 Å². The highest BCUT2D eigenvalue weighted by atomic mass is 35.5. The van der Waals surface area contributed by atoms with Crippen LogP contribution in [-0.2, 0) is 16.3 Å². The molecule has 0 saturated heterocycles. The normalized spacial score (nSPS) is 11.8. The summed E-state index contributed by atoms with van der Waals surface area (Å²) in [6.45, 7) is 0.493. The number of benzene rings is 1. The zero-order valence-corrected chi connectivity index (χ0v) is 10.4. The third-order valence-corrected chi connectivity index (χ3v) is 3.67. The lowest BCUT2D eigenvalue weighted by Crippen LogP contribution is -2.04. The van der Waals surface area contributed by atoms with Crippen LogP contribution in [0, 0.1) is 5.82 Å². The number of hydrogen-bond acceptors (Lipinski definition) is 3. The predicted octanol–water partition coefficient (Wildman–Crippen LogP) is 1.77. The van der Waals surface area contributed by atoms with E-state index in [1.54, 1.807) is 0 Å². The summed E-state index contributed by atoms with van der Waals surface area (Å²) in [6, 6.07) is 2.66. The van der Waals surface area contributed by atoms with E-state index in [4.69, 9.17) is 17.3 Å². The first-order valence-electron chi connectivity index (χ1n) is 4.74. The quantitative estimate of drug-likeness (QED) is 0.903. The predicted molar refractivity (Wildman–Crippen MR) is 61.9 cm³/mol. The van der Waals surface area contributed by atoms with Gasteiger partial charge in [0, 0.05) is 6.26 Å². The second kappa shape index (κ2) is 5.12. The fourth-order valence-electron chi connectivity index (χ4n) is 1.42. The Balaban J connectivity index is 3.18. The van der Waals surface area contributed by atoms with Gasteiger partial charge in [-0.05, 0) is 37.1 Å². The molecule has 0 aliphatic carbocycles. The van der Waals surface area contributed by atoms with Crippen LogP contribution >= 0.6 is 11.6 Å². The summed E-state index contributed by atoms with van der Waals surface area (Å²) in [5, 5.41) is -0.0745. The van der Waals surface area contributed by atoms with Gasteiger partial charge in [0.25, 0.3) is 0 Å². The molecule has 1 aromatic carbocycles. The van der Waals surface area contributed by atoms with Crippen molar-refractivity contribution < 1.29 is 12.8 Å². The van der Waals surface area contributed by atoms with Crippen molar-refractivity contribution in [3.63, 3.8) is 0 Å². The molecule has 0 atom stereocenters. The molecular weight excluding hydrogens is 253 g/mol. The average molecular weight is 266 g/mol. The summed E-state index contributed by atoms with van der Waals surface area (Å²) in [7, 11) is -3.63. The monoisotopic (exact) mass is 265 g/mol. The fraction of sp³-hybridized carbons (Fsp3) is 0.400. The average Bonchev–Trinajstić information content (AvgIpc) is 2.11. The molecule has 0 aliphatic rings. The largest absolute Gasteiger partial charge is 0.330 e. The van der Waals surface area contributed by atoms with Crippen LogP contribution in [0.15, 0.2) is 17.0 Å². The SMILES string of the molecule is CS(=O)(=O)c1c(F)cc(CCCN)cc1Cl. The number of halogens is 2. The molecule has 0 spiro atoms. The fourth-order valence-corrected chi connectivity index (χ4v) is 2.89. The minimum atomic E-state index is -3.63. The first kappa shape index (κ1) is 13.4. The Morgan fingerprint density at radius 3 is 2.50 bits per heavy atom. The molecule has 6 heteroatoms. The van der Waals surface area contributed by atoms with Gasteiger partial charge in [-0.15, -0.1) is 0 Å². The maximum Gasteiger partial charge on any atom is 0.179 e. The maximum absolute atomic E-state index is 13.5. The van der Waals surface area contributed by atoms with E-state index in [1.807, 2.05) is 0 Å². The van der Waals surface area contributed by atoms with Crippen molar-refractivity contribution in [2.24, 2.45) is 5.73 Å². The summed E-state index contributed by atoms with van der Waals surface area (Å²) in [4.78, 5) is -0.439. The van der Waals surface area contributed by atoms with Gasteiger partial charge in [-0.2, -0.15) is 0 Å². The molecule has 0 unspecified atom stereocenters. The van der Waals surface area contributed by atoms with Crippen molar-refractivity contribution in [2.45, 2.75) is 17.7 Å². The standard InChI is InChI=1S/C10H13ClFNO2S/c1-16(14,15)10-8(11)5-7(3-2-4-13)6-9(10)12/h5-6H,2-4,13H2,1H3. The van der Waals surface area contributed by atoms with Crippen LogP contribution in [0.25, 0.3) is 0 Å². The molecule has 0 aromatic heterocycles. The lowest BCUT2D eigenvalue weighted by Gasteiger charge is -2.07. The Morgan fingerprint density at radius 1 is 1.44 bits per heavy atom. The van der Waals surface area contributed by atoms with Crippen LogP contribution in [0.2, 0.25) is 5.02 Å². The van der Waals surface area contributed by atoms with Gasteiger partial charge >= 0.3 is 0 Å². The van der Waals surface area contributed by atoms with E-state index in [1.165, 1.54) is 12.1 Å². The molecule has 3 nitrogen and oxygen atoms in total. The zero-order chi connectivity index (χ0) is 12.3. The van der Waals surface area contributed by atoms with Crippen molar-refractivity contribution in [3.05, 3.63) is 28.5 Å². The van der Waals surface area contributed by atoms with E-state index in [0.717, 1.165) is 6.26 Å². The van der Waals surface area contributed by atoms with Gasteiger partial charge in [0.2, 0.25) is 0 Å². The molecule has 2 N–H and O–H groups in total. The molecule has 0 aliphatic heterocycles. The summed E-state index contributed by atoms with van der Waals surface area (Å²) in [5.74, 6) is -0.804. The van der Waals surface area contributed by atoms with Gasteiger partial charge in [0.1, 0.15) is 10.7 Å². The van der Waals surface area contributed by atoms with Gasteiger partial charge in [-0.25, -0.2) is 12.8 Å². The maximum atomic E-state index is 13.5. The van der Waals surface area contributed by atoms with Crippen molar-refractivity contribution in [3.8, 4) is 0 Å². The highest BCUT2D eigenvalue weighted by Crippen LogP contribution is 2.26. The summed E-state index contributed by atoms with van der Waals surface area (Å²) >= 11 is 5.75. The molecule has 16 heavy (non-hydrogen) atoms. The van der Waals surface area contributed by atoms with Crippen LogP contribution in [0.5, 0.6) is 0 Å². The van der Waals surface area contributed by atoms with Gasteiger partial charge in [-0.3, -0.25) is 0 Å². The number of hydrogen-bond donors (Lipinski definition) is 1. The molecule has 0 bridgehead atoms.